The summed E-state index contributed by atoms with van der Waals surface area (Å²) in [4.78, 5) is 15.6. The lowest BCUT2D eigenvalue weighted by molar-refractivity contribution is 0.0985. The Hall–Kier alpha value is -3.47. The molecule has 4 aromatic rings. The third-order valence-electron chi connectivity index (χ3n) is 6.20. The van der Waals surface area contributed by atoms with Crippen molar-refractivity contribution < 1.29 is 9.53 Å². The van der Waals surface area contributed by atoms with Crippen molar-refractivity contribution >= 4 is 40.5 Å². The van der Waals surface area contributed by atoms with E-state index >= 15 is 0 Å². The second kappa shape index (κ2) is 9.05. The van der Waals surface area contributed by atoms with E-state index in [1.807, 2.05) is 60.7 Å². The number of anilines is 2. The van der Waals surface area contributed by atoms with Crippen LogP contribution < -0.4 is 15.4 Å². The van der Waals surface area contributed by atoms with Crippen molar-refractivity contribution in [1.82, 2.24) is 0 Å². The molecule has 0 radical (unpaired) electrons. The van der Waals surface area contributed by atoms with Crippen LogP contribution in [0.3, 0.4) is 0 Å². The first-order valence-corrected chi connectivity index (χ1v) is 11.6. The molecule has 34 heavy (non-hydrogen) atoms. The third kappa shape index (κ3) is 4.00. The molecule has 4 nitrogen and oxygen atoms in total. The van der Waals surface area contributed by atoms with E-state index in [-0.39, 0.29) is 11.8 Å². The van der Waals surface area contributed by atoms with Crippen LogP contribution in [-0.2, 0) is 6.54 Å². The summed E-state index contributed by atoms with van der Waals surface area (Å²) in [7, 11) is 1.63. The largest absolute Gasteiger partial charge is 0.497 e. The van der Waals surface area contributed by atoms with Gasteiger partial charge in [0, 0.05) is 32.9 Å². The van der Waals surface area contributed by atoms with E-state index in [1.54, 1.807) is 36.3 Å². The highest BCUT2D eigenvalue weighted by Crippen LogP contribution is 2.46. The molecular weight excluding hydrogens is 467 g/mol. The summed E-state index contributed by atoms with van der Waals surface area (Å²) in [6, 6.07) is 26.3. The van der Waals surface area contributed by atoms with E-state index in [9.17, 15) is 4.79 Å². The summed E-state index contributed by atoms with van der Waals surface area (Å²) in [6.07, 6.45) is 0. The number of hydrogen-bond donors (Lipinski definition) is 1. The smallest absolute Gasteiger partial charge is 0.258 e. The number of benzene rings is 4. The molecular formula is C28H22Cl2N2O2. The Bertz CT molecular complexity index is 1390. The maximum absolute atomic E-state index is 13.8. The topological polar surface area (TPSA) is 55.6 Å². The van der Waals surface area contributed by atoms with E-state index < -0.39 is 0 Å². The van der Waals surface area contributed by atoms with Gasteiger partial charge in [-0.3, -0.25) is 4.79 Å². The predicted molar refractivity (Wildman–Crippen MR) is 138 cm³/mol. The summed E-state index contributed by atoms with van der Waals surface area (Å²) in [6.45, 7) is 0.366. The minimum Gasteiger partial charge on any atom is -0.497 e. The van der Waals surface area contributed by atoms with Crippen molar-refractivity contribution in [1.29, 1.82) is 0 Å². The van der Waals surface area contributed by atoms with Crippen molar-refractivity contribution in [2.45, 2.75) is 12.5 Å². The third-order valence-corrected chi connectivity index (χ3v) is 6.78. The van der Waals surface area contributed by atoms with Crippen molar-refractivity contribution in [3.05, 3.63) is 123 Å². The van der Waals surface area contributed by atoms with Crippen LogP contribution in [0.2, 0.25) is 10.0 Å². The predicted octanol–water partition coefficient (Wildman–Crippen LogP) is 6.92. The van der Waals surface area contributed by atoms with E-state index in [0.29, 0.717) is 27.8 Å². The molecule has 0 saturated carbocycles. The van der Waals surface area contributed by atoms with Crippen LogP contribution in [0.4, 0.5) is 11.4 Å². The zero-order valence-corrected chi connectivity index (χ0v) is 20.0. The molecule has 0 spiro atoms. The number of fused-ring (bicyclic) bond motifs is 2. The van der Waals surface area contributed by atoms with Gasteiger partial charge in [0.2, 0.25) is 0 Å². The van der Waals surface area contributed by atoms with Crippen molar-refractivity contribution in [3.8, 4) is 5.75 Å². The second-order valence-corrected chi connectivity index (χ2v) is 9.08. The van der Waals surface area contributed by atoms with Gasteiger partial charge in [-0.05, 0) is 82.9 Å². The number of methoxy groups -OCH3 is 1. The highest BCUT2D eigenvalue weighted by atomic mass is 35.5. The molecule has 1 atom stereocenters. The fourth-order valence-corrected chi connectivity index (χ4v) is 4.99. The number of hydrogen-bond acceptors (Lipinski definition) is 3. The molecule has 1 aliphatic rings. The van der Waals surface area contributed by atoms with Crippen LogP contribution >= 0.6 is 23.2 Å². The number of amides is 1. The normalized spacial score (nSPS) is 14.7. The molecule has 1 heterocycles. The number of nitrogen functional groups attached to an aromatic ring is 1. The first-order chi connectivity index (χ1) is 16.5. The fraction of sp³-hybridized carbons (Fsp3) is 0.107. The maximum atomic E-state index is 13.8. The van der Waals surface area contributed by atoms with Gasteiger partial charge in [0.05, 0.1) is 13.7 Å². The fourth-order valence-electron chi connectivity index (χ4n) is 4.56. The summed E-state index contributed by atoms with van der Waals surface area (Å²) < 4.78 is 5.51. The van der Waals surface area contributed by atoms with Gasteiger partial charge in [0.25, 0.3) is 5.91 Å². The molecule has 1 aliphatic heterocycles. The number of nitrogens with zero attached hydrogens (tertiary/aromatic N) is 1. The Morgan fingerprint density at radius 1 is 0.912 bits per heavy atom. The lowest BCUT2D eigenvalue weighted by atomic mass is 9.83. The highest BCUT2D eigenvalue weighted by molar-refractivity contribution is 6.31. The average Bonchev–Trinajstić information content (AvgIpc) is 2.98. The van der Waals surface area contributed by atoms with Crippen LogP contribution in [0.25, 0.3) is 0 Å². The van der Waals surface area contributed by atoms with Gasteiger partial charge in [-0.1, -0.05) is 47.5 Å². The molecule has 0 bridgehead atoms. The van der Waals surface area contributed by atoms with E-state index in [2.05, 4.69) is 0 Å². The van der Waals surface area contributed by atoms with Crippen LogP contribution in [0.1, 0.15) is 38.5 Å². The summed E-state index contributed by atoms with van der Waals surface area (Å²) in [5.74, 6) is 0.380. The lowest BCUT2D eigenvalue weighted by Gasteiger charge is -2.25. The van der Waals surface area contributed by atoms with E-state index in [4.69, 9.17) is 33.7 Å². The van der Waals surface area contributed by atoms with Gasteiger partial charge in [-0.25, -0.2) is 0 Å². The zero-order chi connectivity index (χ0) is 23.8. The van der Waals surface area contributed by atoms with Crippen molar-refractivity contribution in [2.75, 3.05) is 17.7 Å². The van der Waals surface area contributed by atoms with Gasteiger partial charge >= 0.3 is 0 Å². The molecule has 6 heteroatoms. The van der Waals surface area contributed by atoms with E-state index in [1.165, 1.54) is 0 Å². The highest BCUT2D eigenvalue weighted by Gasteiger charge is 2.33. The molecule has 1 unspecified atom stereocenters. The molecule has 0 saturated heterocycles. The second-order valence-electron chi connectivity index (χ2n) is 8.24. The van der Waals surface area contributed by atoms with Gasteiger partial charge in [-0.15, -0.1) is 0 Å². The number of carbonyl (C=O) groups is 1. The number of carbonyl (C=O) groups excluding carboxylic acids is 1. The number of rotatable bonds is 3. The maximum Gasteiger partial charge on any atom is 0.258 e. The van der Waals surface area contributed by atoms with Crippen LogP contribution in [-0.4, -0.2) is 13.0 Å². The van der Waals surface area contributed by atoms with Crippen LogP contribution in [0.5, 0.6) is 5.75 Å². The Morgan fingerprint density at radius 2 is 1.68 bits per heavy atom. The van der Waals surface area contributed by atoms with Crippen molar-refractivity contribution in [2.24, 2.45) is 0 Å². The Morgan fingerprint density at radius 3 is 2.41 bits per heavy atom. The molecule has 2 N–H and O–H groups in total. The Balaban J connectivity index is 1.77. The molecule has 0 aliphatic carbocycles. The number of ether oxygens (including phenoxy) is 1. The van der Waals surface area contributed by atoms with Crippen LogP contribution in [0, 0.1) is 0 Å². The van der Waals surface area contributed by atoms with Crippen molar-refractivity contribution in [3.63, 3.8) is 0 Å². The lowest BCUT2D eigenvalue weighted by Crippen LogP contribution is -2.30. The van der Waals surface area contributed by atoms with Gasteiger partial charge in [0.15, 0.2) is 0 Å². The minimum absolute atomic E-state index is 0.128. The first-order valence-electron chi connectivity index (χ1n) is 10.8. The van der Waals surface area contributed by atoms with Gasteiger partial charge < -0.3 is 15.4 Å². The molecule has 0 aromatic heterocycles. The quantitative estimate of drug-likeness (QED) is 0.318. The SMILES string of the molecule is COc1ccc2c(c1)CN(C(=O)c1ccc(N)cc1)c1ccc(Cl)cc1C2c1ccccc1Cl. The Kier molecular flexibility index (Phi) is 5.94. The standard InChI is InChI=1S/C28H22Cl2N2O2/c1-34-21-11-12-22-18(14-21)16-32(28(33)17-6-9-20(31)10-7-17)26-13-8-19(29)15-24(26)27(22)23-4-2-3-5-25(23)30/h2-15,27H,16,31H2,1H3. The number of nitrogens with two attached hydrogens (primary N) is 1. The minimum atomic E-state index is -0.215. The molecule has 4 aromatic carbocycles. The Labute approximate surface area is 208 Å². The monoisotopic (exact) mass is 488 g/mol. The van der Waals surface area contributed by atoms with E-state index in [0.717, 1.165) is 33.7 Å². The first kappa shape index (κ1) is 22.3. The zero-order valence-electron chi connectivity index (χ0n) is 18.5. The molecule has 0 fully saturated rings. The molecule has 1 amide bonds. The van der Waals surface area contributed by atoms with Gasteiger partial charge in [0.1, 0.15) is 5.75 Å². The van der Waals surface area contributed by atoms with Crippen LogP contribution in [0.15, 0.2) is 84.9 Å². The summed E-state index contributed by atoms with van der Waals surface area (Å²) >= 11 is 13.2. The molecule has 5 rings (SSSR count). The molecule has 170 valence electrons. The number of halogens is 2. The summed E-state index contributed by atoms with van der Waals surface area (Å²) in [5, 5.41) is 1.24. The summed E-state index contributed by atoms with van der Waals surface area (Å²) in [5.41, 5.74) is 11.7. The average molecular weight is 489 g/mol. The van der Waals surface area contributed by atoms with Gasteiger partial charge in [-0.2, -0.15) is 0 Å².